The molecule has 11 heteroatoms. The zero-order valence-electron chi connectivity index (χ0n) is 17.9. The number of hydrogen-bond acceptors (Lipinski definition) is 5. The largest absolute Gasteiger partial charge is 0.493 e. The van der Waals surface area contributed by atoms with Crippen LogP contribution < -0.4 is 25.6 Å². The lowest BCUT2D eigenvalue weighted by Crippen LogP contribution is -2.49. The number of hydrazine groups is 1. The maximum Gasteiger partial charge on any atom is 0.276 e. The lowest BCUT2D eigenvalue weighted by Gasteiger charge is -2.14. The van der Waals surface area contributed by atoms with Gasteiger partial charge >= 0.3 is 0 Å². The Labute approximate surface area is 216 Å². The number of hydrogen-bond donors (Lipinski definition) is 3. The Bertz CT molecular complexity index is 994. The smallest absolute Gasteiger partial charge is 0.276 e. The van der Waals surface area contributed by atoms with Crippen molar-refractivity contribution >= 4 is 68.3 Å². The van der Waals surface area contributed by atoms with E-state index in [0.717, 1.165) is 30.2 Å². The number of carbonyl (C=O) groups excluding carboxylic acids is 2. The van der Waals surface area contributed by atoms with Crippen molar-refractivity contribution in [2.45, 2.75) is 32.6 Å². The number of halogens is 3. The van der Waals surface area contributed by atoms with Gasteiger partial charge in [-0.2, -0.15) is 0 Å². The Morgan fingerprint density at radius 3 is 2.48 bits per heavy atom. The average molecular weight is 577 g/mol. The normalized spacial score (nSPS) is 10.3. The summed E-state index contributed by atoms with van der Waals surface area (Å²) in [4.78, 5) is 24.7. The van der Waals surface area contributed by atoms with Crippen LogP contribution in [0.15, 0.2) is 40.9 Å². The van der Waals surface area contributed by atoms with E-state index in [4.69, 9.17) is 44.9 Å². The molecule has 0 aliphatic heterocycles. The summed E-state index contributed by atoms with van der Waals surface area (Å²) in [5.41, 5.74) is 5.11. The molecule has 33 heavy (non-hydrogen) atoms. The molecular weight excluding hydrogens is 553 g/mol. The first kappa shape index (κ1) is 27.2. The van der Waals surface area contributed by atoms with Gasteiger partial charge in [-0.05, 0) is 55.0 Å². The number of unbranched alkanes of at least 4 members (excludes halogenated alkanes) is 3. The predicted molar refractivity (Wildman–Crippen MR) is 137 cm³/mol. The lowest BCUT2D eigenvalue weighted by molar-refractivity contribution is -0.123. The molecule has 3 N–H and O–H groups in total. The molecule has 178 valence electrons. The molecule has 2 aromatic rings. The second-order valence-corrected chi connectivity index (χ2v) is 9.04. The summed E-state index contributed by atoms with van der Waals surface area (Å²) in [5.74, 6) is -0.247. The fourth-order valence-electron chi connectivity index (χ4n) is 2.62. The van der Waals surface area contributed by atoms with E-state index in [-0.39, 0.29) is 16.7 Å². The Hall–Kier alpha value is -2.07. The van der Waals surface area contributed by atoms with E-state index in [1.165, 1.54) is 6.07 Å². The van der Waals surface area contributed by atoms with E-state index in [0.29, 0.717) is 28.7 Å². The molecule has 0 aromatic heterocycles. The molecule has 0 fully saturated rings. The van der Waals surface area contributed by atoms with Gasteiger partial charge in [-0.1, -0.05) is 65.3 Å². The summed E-state index contributed by atoms with van der Waals surface area (Å²) in [5, 5.41) is 3.15. The molecule has 2 aromatic carbocycles. The lowest BCUT2D eigenvalue weighted by atomic mass is 10.2. The summed E-state index contributed by atoms with van der Waals surface area (Å²) in [6.07, 6.45) is 4.24. The standard InChI is InChI=1S/C22H24BrCl2N3O4S/c1-2-3-4-5-10-31-18-8-6-14(23)11-16(18)21(30)26-22(33)28-27-20(29)13-32-19-9-7-15(24)12-17(19)25/h6-9,11-12H,2-5,10,13H2,1H3,(H,27,29)(H2,26,28,30,33). The van der Waals surface area contributed by atoms with Crippen LogP contribution in [0.25, 0.3) is 0 Å². The Morgan fingerprint density at radius 2 is 1.76 bits per heavy atom. The van der Waals surface area contributed by atoms with Crippen molar-refractivity contribution in [1.82, 2.24) is 16.2 Å². The Kier molecular flexibility index (Phi) is 11.7. The summed E-state index contributed by atoms with van der Waals surface area (Å²) < 4.78 is 11.8. The minimum absolute atomic E-state index is 0.0910. The zero-order valence-corrected chi connectivity index (χ0v) is 21.8. The molecule has 0 spiro atoms. The number of amides is 2. The van der Waals surface area contributed by atoms with Gasteiger partial charge in [-0.15, -0.1) is 0 Å². The monoisotopic (exact) mass is 575 g/mol. The Morgan fingerprint density at radius 1 is 1.00 bits per heavy atom. The second-order valence-electron chi connectivity index (χ2n) is 6.87. The maximum absolute atomic E-state index is 12.7. The van der Waals surface area contributed by atoms with Crippen molar-refractivity contribution in [2.24, 2.45) is 0 Å². The third kappa shape index (κ3) is 9.75. The molecular formula is C22H24BrCl2N3O4S. The van der Waals surface area contributed by atoms with E-state index in [9.17, 15) is 9.59 Å². The third-order valence-electron chi connectivity index (χ3n) is 4.24. The molecule has 0 saturated heterocycles. The first-order chi connectivity index (χ1) is 15.8. The van der Waals surface area contributed by atoms with Crippen LogP contribution in [0.1, 0.15) is 43.0 Å². The topological polar surface area (TPSA) is 88.7 Å². The molecule has 0 atom stereocenters. The maximum atomic E-state index is 12.7. The summed E-state index contributed by atoms with van der Waals surface area (Å²) in [6.45, 7) is 2.32. The number of carbonyl (C=O) groups is 2. The molecule has 0 bridgehead atoms. The van der Waals surface area contributed by atoms with Gasteiger partial charge in [-0.3, -0.25) is 25.8 Å². The highest BCUT2D eigenvalue weighted by Crippen LogP contribution is 2.27. The predicted octanol–water partition coefficient (Wildman–Crippen LogP) is 5.43. The van der Waals surface area contributed by atoms with Crippen LogP contribution in [0.3, 0.4) is 0 Å². The van der Waals surface area contributed by atoms with Crippen LogP contribution in [-0.2, 0) is 4.79 Å². The van der Waals surface area contributed by atoms with Crippen LogP contribution in [0.5, 0.6) is 11.5 Å². The number of ether oxygens (including phenoxy) is 2. The average Bonchev–Trinajstić information content (AvgIpc) is 2.77. The SMILES string of the molecule is CCCCCCOc1ccc(Br)cc1C(=O)NC(=S)NNC(=O)COc1ccc(Cl)cc1Cl. The highest BCUT2D eigenvalue weighted by molar-refractivity contribution is 9.10. The van der Waals surface area contributed by atoms with Crippen molar-refractivity contribution in [3.8, 4) is 11.5 Å². The van der Waals surface area contributed by atoms with E-state index in [1.807, 2.05) is 0 Å². The molecule has 0 aliphatic carbocycles. The molecule has 0 aliphatic rings. The zero-order chi connectivity index (χ0) is 24.2. The highest BCUT2D eigenvalue weighted by Gasteiger charge is 2.15. The van der Waals surface area contributed by atoms with Crippen molar-refractivity contribution in [3.63, 3.8) is 0 Å². The van der Waals surface area contributed by atoms with E-state index in [2.05, 4.69) is 39.0 Å². The molecule has 7 nitrogen and oxygen atoms in total. The number of nitrogens with one attached hydrogen (secondary N) is 3. The van der Waals surface area contributed by atoms with Crippen LogP contribution in [0.4, 0.5) is 0 Å². The van der Waals surface area contributed by atoms with Crippen molar-refractivity contribution in [3.05, 3.63) is 56.5 Å². The first-order valence-corrected chi connectivity index (χ1v) is 12.2. The van der Waals surface area contributed by atoms with Gasteiger partial charge in [0.05, 0.1) is 17.2 Å². The number of benzene rings is 2. The number of thiocarbonyl (C=S) groups is 1. The van der Waals surface area contributed by atoms with Gasteiger partial charge in [-0.25, -0.2) is 0 Å². The van der Waals surface area contributed by atoms with Crippen LogP contribution in [0.2, 0.25) is 10.0 Å². The van der Waals surface area contributed by atoms with Crippen molar-refractivity contribution in [2.75, 3.05) is 13.2 Å². The molecule has 2 amide bonds. The highest BCUT2D eigenvalue weighted by atomic mass is 79.9. The first-order valence-electron chi connectivity index (χ1n) is 10.2. The minimum atomic E-state index is -0.531. The Balaban J connectivity index is 1.82. The van der Waals surface area contributed by atoms with E-state index >= 15 is 0 Å². The van der Waals surface area contributed by atoms with Crippen molar-refractivity contribution in [1.29, 1.82) is 0 Å². The van der Waals surface area contributed by atoms with E-state index in [1.54, 1.807) is 30.3 Å². The fraction of sp³-hybridized carbons (Fsp3) is 0.318. The third-order valence-corrected chi connectivity index (χ3v) is 5.46. The molecule has 0 unspecified atom stereocenters. The van der Waals surface area contributed by atoms with Gasteiger partial charge in [0.15, 0.2) is 11.7 Å². The summed E-state index contributed by atoms with van der Waals surface area (Å²) in [7, 11) is 0. The minimum Gasteiger partial charge on any atom is -0.493 e. The van der Waals surface area contributed by atoms with Crippen LogP contribution >= 0.6 is 51.3 Å². The van der Waals surface area contributed by atoms with Gasteiger partial charge in [0, 0.05) is 9.50 Å². The molecule has 0 saturated carbocycles. The summed E-state index contributed by atoms with van der Waals surface area (Å²) >= 11 is 20.3. The number of rotatable bonds is 10. The second kappa shape index (κ2) is 14.2. The van der Waals surface area contributed by atoms with Gasteiger partial charge in [0.25, 0.3) is 11.8 Å². The quantitative estimate of drug-likeness (QED) is 0.198. The van der Waals surface area contributed by atoms with Crippen molar-refractivity contribution < 1.29 is 19.1 Å². The molecule has 0 radical (unpaired) electrons. The van der Waals surface area contributed by atoms with Crippen LogP contribution in [0, 0.1) is 0 Å². The summed E-state index contributed by atoms with van der Waals surface area (Å²) in [6, 6.07) is 9.80. The van der Waals surface area contributed by atoms with Gasteiger partial charge in [0.2, 0.25) is 0 Å². The van der Waals surface area contributed by atoms with Gasteiger partial charge < -0.3 is 9.47 Å². The molecule has 0 heterocycles. The molecule has 2 rings (SSSR count). The van der Waals surface area contributed by atoms with Crippen LogP contribution in [-0.4, -0.2) is 30.1 Å². The van der Waals surface area contributed by atoms with E-state index < -0.39 is 11.8 Å². The van der Waals surface area contributed by atoms with Gasteiger partial charge in [0.1, 0.15) is 11.5 Å². The fourth-order valence-corrected chi connectivity index (χ4v) is 3.58.